The third kappa shape index (κ3) is 6.20. The molecule has 7 heteroatoms. The lowest BCUT2D eigenvalue weighted by molar-refractivity contribution is -0.121. The zero-order chi connectivity index (χ0) is 19.0. The Morgan fingerprint density at radius 1 is 1.19 bits per heavy atom. The van der Waals surface area contributed by atoms with E-state index in [1.807, 2.05) is 0 Å². The first-order valence-corrected chi connectivity index (χ1v) is 11.2. The molecule has 0 radical (unpaired) electrons. The van der Waals surface area contributed by atoms with Gasteiger partial charge in [-0.15, -0.1) is 0 Å². The maximum Gasteiger partial charge on any atom is 0.232 e. The number of anilines is 1. The first kappa shape index (κ1) is 20.6. The first-order chi connectivity index (χ1) is 12.4. The molecule has 146 valence electrons. The van der Waals surface area contributed by atoms with E-state index in [2.05, 4.69) is 5.32 Å². The predicted molar refractivity (Wildman–Crippen MR) is 104 cm³/mol. The van der Waals surface area contributed by atoms with Crippen molar-refractivity contribution in [2.24, 2.45) is 0 Å². The average Bonchev–Trinajstić information content (AvgIpc) is 2.86. The van der Waals surface area contributed by atoms with Crippen molar-refractivity contribution in [1.82, 2.24) is 5.32 Å². The van der Waals surface area contributed by atoms with Crippen LogP contribution in [0.25, 0.3) is 0 Å². The van der Waals surface area contributed by atoms with E-state index in [0.29, 0.717) is 24.3 Å². The van der Waals surface area contributed by atoms with Crippen molar-refractivity contribution in [2.45, 2.75) is 57.4 Å². The molecule has 0 unspecified atom stereocenters. The van der Waals surface area contributed by atoms with Crippen LogP contribution in [0.1, 0.15) is 51.4 Å². The van der Waals surface area contributed by atoms with E-state index in [0.717, 1.165) is 12.8 Å². The smallest absolute Gasteiger partial charge is 0.232 e. The number of rotatable bonds is 8. The summed E-state index contributed by atoms with van der Waals surface area (Å²) in [7, 11) is -1.95. The molecule has 0 saturated heterocycles. The molecule has 1 aliphatic rings. The maximum absolute atomic E-state index is 12.2. The molecule has 1 saturated carbocycles. The number of nitrogens with one attached hydrogen (secondary N) is 1. The van der Waals surface area contributed by atoms with Crippen LogP contribution in [0.15, 0.2) is 24.3 Å². The molecule has 1 fully saturated rings. The van der Waals surface area contributed by atoms with Crippen LogP contribution in [0.3, 0.4) is 0 Å². The largest absolute Gasteiger partial charge is 0.495 e. The Morgan fingerprint density at radius 2 is 1.85 bits per heavy atom. The maximum atomic E-state index is 12.2. The number of benzene rings is 1. The Labute approximate surface area is 157 Å². The number of methoxy groups -OCH3 is 1. The summed E-state index contributed by atoms with van der Waals surface area (Å²) in [5.74, 6) is 0.506. The fourth-order valence-corrected chi connectivity index (χ4v) is 4.38. The molecule has 2 rings (SSSR count). The van der Waals surface area contributed by atoms with Gasteiger partial charge in [0.25, 0.3) is 0 Å². The first-order valence-electron chi connectivity index (χ1n) is 9.32. The van der Waals surface area contributed by atoms with Gasteiger partial charge in [0.1, 0.15) is 5.75 Å². The van der Waals surface area contributed by atoms with Crippen molar-refractivity contribution in [3.05, 3.63) is 24.3 Å². The zero-order valence-corrected chi connectivity index (χ0v) is 16.6. The van der Waals surface area contributed by atoms with Gasteiger partial charge in [0.2, 0.25) is 15.9 Å². The quantitative estimate of drug-likeness (QED) is 0.701. The summed E-state index contributed by atoms with van der Waals surface area (Å²) < 4.78 is 31.0. The fraction of sp³-hybridized carbons (Fsp3) is 0.632. The van der Waals surface area contributed by atoms with Gasteiger partial charge in [-0.25, -0.2) is 8.42 Å². The topological polar surface area (TPSA) is 75.7 Å². The van der Waals surface area contributed by atoms with Crippen molar-refractivity contribution in [3.63, 3.8) is 0 Å². The number of carbonyl (C=O) groups is 1. The van der Waals surface area contributed by atoms with E-state index in [4.69, 9.17) is 4.74 Å². The minimum absolute atomic E-state index is 0.00498. The SMILES string of the molecule is COc1ccccc1N(CCCC(=O)NC1CCCCCC1)S(C)(=O)=O. The number of ether oxygens (including phenoxy) is 1. The van der Waals surface area contributed by atoms with Crippen LogP contribution in [-0.4, -0.2) is 40.3 Å². The Kier molecular flexibility index (Phi) is 7.75. The lowest BCUT2D eigenvalue weighted by atomic mass is 10.1. The lowest BCUT2D eigenvalue weighted by Crippen LogP contribution is -2.36. The standard InChI is InChI=1S/C19H30N2O4S/c1-25-18-13-8-7-12-17(18)21(26(2,23)24)15-9-14-19(22)20-16-10-5-3-4-6-11-16/h7-8,12-13,16H,3-6,9-11,14-15H2,1-2H3,(H,20,22). The molecule has 0 aliphatic heterocycles. The second-order valence-electron chi connectivity index (χ2n) is 6.87. The molecular weight excluding hydrogens is 352 g/mol. The van der Waals surface area contributed by atoms with Gasteiger partial charge in [0, 0.05) is 19.0 Å². The summed E-state index contributed by atoms with van der Waals surface area (Å²) >= 11 is 0. The molecule has 0 bridgehead atoms. The fourth-order valence-electron chi connectivity index (χ4n) is 3.41. The lowest BCUT2D eigenvalue weighted by Gasteiger charge is -2.24. The highest BCUT2D eigenvalue weighted by atomic mass is 32.2. The summed E-state index contributed by atoms with van der Waals surface area (Å²) in [4.78, 5) is 12.2. The molecule has 26 heavy (non-hydrogen) atoms. The van der Waals surface area contributed by atoms with Gasteiger partial charge in [0.05, 0.1) is 19.1 Å². The summed E-state index contributed by atoms with van der Waals surface area (Å²) in [5.41, 5.74) is 0.502. The number of carbonyl (C=O) groups excluding carboxylic acids is 1. The van der Waals surface area contributed by atoms with Crippen LogP contribution in [0.5, 0.6) is 5.75 Å². The van der Waals surface area contributed by atoms with E-state index in [9.17, 15) is 13.2 Å². The summed E-state index contributed by atoms with van der Waals surface area (Å²) in [6, 6.07) is 7.28. The molecule has 6 nitrogen and oxygen atoms in total. The van der Waals surface area contributed by atoms with Gasteiger partial charge in [-0.05, 0) is 31.4 Å². The Balaban J connectivity index is 1.92. The summed E-state index contributed by atoms with van der Waals surface area (Å²) in [5, 5.41) is 3.10. The molecular formula is C19H30N2O4S. The average molecular weight is 383 g/mol. The molecule has 0 heterocycles. The monoisotopic (exact) mass is 382 g/mol. The van der Waals surface area contributed by atoms with Crippen molar-refractivity contribution in [3.8, 4) is 5.75 Å². The summed E-state index contributed by atoms with van der Waals surface area (Å²) in [6.45, 7) is 0.247. The highest BCUT2D eigenvalue weighted by Gasteiger charge is 2.21. The van der Waals surface area contributed by atoms with Crippen LogP contribution in [0, 0.1) is 0 Å². The van der Waals surface area contributed by atoms with Crippen molar-refractivity contribution < 1.29 is 17.9 Å². The highest BCUT2D eigenvalue weighted by Crippen LogP contribution is 2.29. The van der Waals surface area contributed by atoms with Crippen LogP contribution < -0.4 is 14.4 Å². The van der Waals surface area contributed by atoms with Gasteiger partial charge in [-0.3, -0.25) is 9.10 Å². The zero-order valence-electron chi connectivity index (χ0n) is 15.7. The molecule has 1 aromatic rings. The van der Waals surface area contributed by atoms with Crippen LogP contribution >= 0.6 is 0 Å². The van der Waals surface area contributed by atoms with Crippen LogP contribution in [-0.2, 0) is 14.8 Å². The molecule has 0 aromatic heterocycles. The molecule has 1 amide bonds. The van der Waals surface area contributed by atoms with E-state index in [1.54, 1.807) is 24.3 Å². The van der Waals surface area contributed by atoms with Gasteiger partial charge in [-0.1, -0.05) is 37.8 Å². The molecule has 0 atom stereocenters. The van der Waals surface area contributed by atoms with Gasteiger partial charge < -0.3 is 10.1 Å². The number of hydrogen-bond donors (Lipinski definition) is 1. The van der Waals surface area contributed by atoms with Gasteiger partial charge >= 0.3 is 0 Å². The van der Waals surface area contributed by atoms with E-state index in [-0.39, 0.29) is 18.5 Å². The predicted octanol–water partition coefficient (Wildman–Crippen LogP) is 3.08. The number of nitrogens with zero attached hydrogens (tertiary/aromatic N) is 1. The van der Waals surface area contributed by atoms with Gasteiger partial charge in [0.15, 0.2) is 0 Å². The van der Waals surface area contributed by atoms with Crippen LogP contribution in [0.4, 0.5) is 5.69 Å². The Hall–Kier alpha value is -1.76. The second kappa shape index (κ2) is 9.80. The summed E-state index contributed by atoms with van der Waals surface area (Å²) in [6.07, 6.45) is 8.86. The van der Waals surface area contributed by atoms with Crippen LogP contribution in [0.2, 0.25) is 0 Å². The molecule has 0 spiro atoms. The minimum Gasteiger partial charge on any atom is -0.495 e. The number of amides is 1. The number of sulfonamides is 1. The molecule has 1 aromatic carbocycles. The van der Waals surface area contributed by atoms with E-state index < -0.39 is 10.0 Å². The molecule has 1 aliphatic carbocycles. The third-order valence-electron chi connectivity index (χ3n) is 4.74. The highest BCUT2D eigenvalue weighted by molar-refractivity contribution is 7.92. The third-order valence-corrected chi connectivity index (χ3v) is 5.92. The number of para-hydroxylation sites is 2. The Morgan fingerprint density at radius 3 is 2.46 bits per heavy atom. The minimum atomic E-state index is -3.46. The van der Waals surface area contributed by atoms with Crippen molar-refractivity contribution in [1.29, 1.82) is 0 Å². The Bertz CT molecular complexity index is 683. The molecule has 1 N–H and O–H groups in total. The van der Waals surface area contributed by atoms with Gasteiger partial charge in [-0.2, -0.15) is 0 Å². The second-order valence-corrected chi connectivity index (χ2v) is 8.77. The number of hydrogen-bond acceptors (Lipinski definition) is 4. The van der Waals surface area contributed by atoms with Crippen molar-refractivity contribution in [2.75, 3.05) is 24.2 Å². The van der Waals surface area contributed by atoms with Crippen molar-refractivity contribution >= 4 is 21.6 Å². The van der Waals surface area contributed by atoms with E-state index >= 15 is 0 Å². The van der Waals surface area contributed by atoms with E-state index in [1.165, 1.54) is 43.4 Å². The normalized spacial score (nSPS) is 15.9.